The van der Waals surface area contributed by atoms with Gasteiger partial charge in [0.15, 0.2) is 0 Å². The topological polar surface area (TPSA) is 116 Å². The standard InChI is InChI=1S/C28H22N4O4/c1-27-11-12-28(36-27,13-14-35-20-8-5-17(15-29)6-9-20)23-22(27)25(33)32(26(23)34)21-10-7-18-3-2-4-19(16-30)24(18)31-21/h2-10,22-23H,11-14H2,1H3. The molecule has 0 aliphatic carbocycles. The van der Waals surface area contributed by atoms with Crippen molar-refractivity contribution in [1.82, 2.24) is 4.98 Å². The summed E-state index contributed by atoms with van der Waals surface area (Å²) in [4.78, 5) is 33.2. The van der Waals surface area contributed by atoms with E-state index in [1.807, 2.05) is 13.0 Å². The highest BCUT2D eigenvalue weighted by molar-refractivity contribution is 6.23. The van der Waals surface area contributed by atoms with Crippen LogP contribution in [0.2, 0.25) is 0 Å². The van der Waals surface area contributed by atoms with E-state index < -0.39 is 23.0 Å². The van der Waals surface area contributed by atoms with Gasteiger partial charge in [-0.1, -0.05) is 12.1 Å². The van der Waals surface area contributed by atoms with E-state index in [0.29, 0.717) is 48.3 Å². The third-order valence-electron chi connectivity index (χ3n) is 7.84. The van der Waals surface area contributed by atoms with Gasteiger partial charge in [0.1, 0.15) is 17.6 Å². The van der Waals surface area contributed by atoms with Crippen molar-refractivity contribution in [3.05, 3.63) is 65.7 Å². The number of pyridine rings is 1. The molecule has 1 aromatic heterocycles. The molecule has 3 saturated heterocycles. The van der Waals surface area contributed by atoms with Crippen LogP contribution in [0.4, 0.5) is 5.82 Å². The molecular weight excluding hydrogens is 456 g/mol. The van der Waals surface area contributed by atoms with Gasteiger partial charge in [0.05, 0.1) is 52.4 Å². The largest absolute Gasteiger partial charge is 0.493 e. The van der Waals surface area contributed by atoms with E-state index in [1.165, 1.54) is 4.90 Å². The highest BCUT2D eigenvalue weighted by Crippen LogP contribution is 2.62. The first-order chi connectivity index (χ1) is 17.4. The smallest absolute Gasteiger partial charge is 0.241 e. The lowest BCUT2D eigenvalue weighted by molar-refractivity contribution is -0.131. The molecular formula is C28H22N4O4. The molecule has 2 aromatic carbocycles. The molecule has 4 heterocycles. The molecule has 4 unspecified atom stereocenters. The number of rotatable bonds is 5. The van der Waals surface area contributed by atoms with Crippen molar-refractivity contribution in [1.29, 1.82) is 10.5 Å². The SMILES string of the molecule is CC12CCC(CCOc3ccc(C#N)cc3)(O1)C1C(=O)N(c3ccc4cccc(C#N)c4n3)C(=O)C12. The molecule has 3 aromatic rings. The molecule has 8 heteroatoms. The van der Waals surface area contributed by atoms with Crippen LogP contribution in [0.5, 0.6) is 5.75 Å². The summed E-state index contributed by atoms with van der Waals surface area (Å²) in [5.74, 6) is -0.947. The Balaban J connectivity index is 1.29. The number of amides is 2. The van der Waals surface area contributed by atoms with Crippen LogP contribution in [-0.4, -0.2) is 34.6 Å². The Kier molecular flexibility index (Phi) is 4.86. The predicted octanol–water partition coefficient (Wildman–Crippen LogP) is 3.87. The third kappa shape index (κ3) is 3.12. The number of imide groups is 1. The molecule has 3 fully saturated rings. The van der Waals surface area contributed by atoms with Crippen LogP contribution >= 0.6 is 0 Å². The molecule has 0 radical (unpaired) electrons. The van der Waals surface area contributed by atoms with Gasteiger partial charge in [-0.3, -0.25) is 9.59 Å². The Labute approximate surface area is 207 Å². The molecule has 2 bridgehead atoms. The second-order valence-electron chi connectivity index (χ2n) is 9.84. The van der Waals surface area contributed by atoms with Crippen LogP contribution in [0.3, 0.4) is 0 Å². The maximum Gasteiger partial charge on any atom is 0.241 e. The van der Waals surface area contributed by atoms with Crippen LogP contribution in [0, 0.1) is 34.5 Å². The fourth-order valence-corrected chi connectivity index (χ4v) is 6.15. The van der Waals surface area contributed by atoms with Gasteiger partial charge in [-0.25, -0.2) is 9.88 Å². The third-order valence-corrected chi connectivity index (χ3v) is 7.84. The number of fused-ring (bicyclic) bond motifs is 6. The number of carbonyl (C=O) groups excluding carboxylic acids is 2. The summed E-state index contributed by atoms with van der Waals surface area (Å²) in [7, 11) is 0. The summed E-state index contributed by atoms with van der Waals surface area (Å²) in [5.41, 5.74) is -0.113. The number of para-hydroxylation sites is 1. The molecule has 0 saturated carbocycles. The molecule has 8 nitrogen and oxygen atoms in total. The van der Waals surface area contributed by atoms with Gasteiger partial charge in [-0.2, -0.15) is 10.5 Å². The van der Waals surface area contributed by atoms with Crippen LogP contribution in [0.15, 0.2) is 54.6 Å². The monoisotopic (exact) mass is 478 g/mol. The molecule has 3 aliphatic rings. The number of ether oxygens (including phenoxy) is 2. The first kappa shape index (κ1) is 22.2. The number of nitriles is 2. The zero-order chi connectivity index (χ0) is 25.1. The fourth-order valence-electron chi connectivity index (χ4n) is 6.15. The maximum atomic E-state index is 13.8. The Morgan fingerprint density at radius 1 is 1.03 bits per heavy atom. The van der Waals surface area contributed by atoms with Crippen LogP contribution in [0.1, 0.15) is 37.3 Å². The summed E-state index contributed by atoms with van der Waals surface area (Å²) in [5, 5.41) is 19.2. The van der Waals surface area contributed by atoms with E-state index in [2.05, 4.69) is 17.1 Å². The summed E-state index contributed by atoms with van der Waals surface area (Å²) in [6, 6.07) is 19.8. The van der Waals surface area contributed by atoms with Crippen LogP contribution in [0.25, 0.3) is 10.9 Å². The number of hydrogen-bond donors (Lipinski definition) is 0. The molecule has 3 aliphatic heterocycles. The summed E-state index contributed by atoms with van der Waals surface area (Å²) in [6.07, 6.45) is 1.81. The van der Waals surface area contributed by atoms with E-state index >= 15 is 0 Å². The van der Waals surface area contributed by atoms with Gasteiger partial charge in [-0.15, -0.1) is 0 Å². The number of carbonyl (C=O) groups is 2. The van der Waals surface area contributed by atoms with Crippen LogP contribution in [-0.2, 0) is 14.3 Å². The number of hydrogen-bond acceptors (Lipinski definition) is 7. The lowest BCUT2D eigenvalue weighted by Crippen LogP contribution is -2.43. The average Bonchev–Trinajstić information content (AvgIpc) is 3.48. The Morgan fingerprint density at radius 2 is 1.81 bits per heavy atom. The molecule has 36 heavy (non-hydrogen) atoms. The summed E-state index contributed by atoms with van der Waals surface area (Å²) in [6.45, 7) is 2.23. The number of anilines is 1. The van der Waals surface area contributed by atoms with Crippen molar-refractivity contribution >= 4 is 28.5 Å². The second kappa shape index (κ2) is 7.87. The number of aromatic nitrogens is 1. The quantitative estimate of drug-likeness (QED) is 0.511. The second-order valence-corrected chi connectivity index (χ2v) is 9.84. The van der Waals surface area contributed by atoms with E-state index in [9.17, 15) is 14.9 Å². The molecule has 0 N–H and O–H groups in total. The first-order valence-corrected chi connectivity index (χ1v) is 11.9. The van der Waals surface area contributed by atoms with Crippen molar-refractivity contribution in [2.24, 2.45) is 11.8 Å². The first-order valence-electron chi connectivity index (χ1n) is 11.9. The van der Waals surface area contributed by atoms with Crippen molar-refractivity contribution in [3.63, 3.8) is 0 Å². The molecule has 178 valence electrons. The minimum Gasteiger partial charge on any atom is -0.493 e. The van der Waals surface area contributed by atoms with E-state index in [1.54, 1.807) is 48.5 Å². The fraction of sp³-hybridized carbons (Fsp3) is 0.321. The summed E-state index contributed by atoms with van der Waals surface area (Å²) < 4.78 is 12.4. The summed E-state index contributed by atoms with van der Waals surface area (Å²) >= 11 is 0. The normalized spacial score (nSPS) is 28.2. The van der Waals surface area contributed by atoms with Gasteiger partial charge in [0.25, 0.3) is 0 Å². The lowest BCUT2D eigenvalue weighted by Gasteiger charge is -2.31. The zero-order valence-electron chi connectivity index (χ0n) is 19.6. The number of nitrogens with zero attached hydrogens (tertiary/aromatic N) is 4. The van der Waals surface area contributed by atoms with Crippen molar-refractivity contribution in [2.75, 3.05) is 11.5 Å². The van der Waals surface area contributed by atoms with E-state index in [-0.39, 0.29) is 17.6 Å². The van der Waals surface area contributed by atoms with Crippen molar-refractivity contribution < 1.29 is 19.1 Å². The Bertz CT molecular complexity index is 1500. The molecule has 0 spiro atoms. The van der Waals surface area contributed by atoms with Gasteiger partial charge in [-0.05, 0) is 62.2 Å². The average molecular weight is 479 g/mol. The number of benzene rings is 2. The van der Waals surface area contributed by atoms with E-state index in [4.69, 9.17) is 14.7 Å². The van der Waals surface area contributed by atoms with Gasteiger partial charge in [0, 0.05) is 11.8 Å². The van der Waals surface area contributed by atoms with Crippen LogP contribution < -0.4 is 9.64 Å². The molecule has 4 atom stereocenters. The predicted molar refractivity (Wildman–Crippen MR) is 129 cm³/mol. The molecule has 6 rings (SSSR count). The Hall–Kier alpha value is -4.27. The zero-order valence-corrected chi connectivity index (χ0v) is 19.6. The Morgan fingerprint density at radius 3 is 2.56 bits per heavy atom. The van der Waals surface area contributed by atoms with Gasteiger partial charge in [0.2, 0.25) is 11.8 Å². The lowest BCUT2D eigenvalue weighted by atomic mass is 9.67. The van der Waals surface area contributed by atoms with Crippen molar-refractivity contribution in [3.8, 4) is 17.9 Å². The minimum atomic E-state index is -0.790. The minimum absolute atomic E-state index is 0.238. The maximum absolute atomic E-state index is 13.8. The van der Waals surface area contributed by atoms with Gasteiger partial charge < -0.3 is 9.47 Å². The highest BCUT2D eigenvalue weighted by atomic mass is 16.5. The molecule has 2 amide bonds. The highest BCUT2D eigenvalue weighted by Gasteiger charge is 2.74. The van der Waals surface area contributed by atoms with Gasteiger partial charge >= 0.3 is 0 Å². The van der Waals surface area contributed by atoms with Crippen molar-refractivity contribution in [2.45, 2.75) is 37.4 Å². The van der Waals surface area contributed by atoms with E-state index in [0.717, 1.165) is 5.39 Å².